The smallest absolute Gasteiger partial charge is 0.282 e. The van der Waals surface area contributed by atoms with Gasteiger partial charge >= 0.3 is 0 Å². The van der Waals surface area contributed by atoms with Crippen LogP contribution in [0.4, 0.5) is 11.4 Å². The van der Waals surface area contributed by atoms with Crippen molar-refractivity contribution in [2.45, 2.75) is 27.7 Å². The van der Waals surface area contributed by atoms with Gasteiger partial charge in [-0.15, -0.1) is 0 Å². The molecule has 1 N–H and O–H groups in total. The number of amides is 2. The Morgan fingerprint density at radius 1 is 0.806 bits per heavy atom. The summed E-state index contributed by atoms with van der Waals surface area (Å²) in [6, 6.07) is 18.6. The minimum Gasteiger partial charge on any atom is -0.350 e. The summed E-state index contributed by atoms with van der Waals surface area (Å²) in [6.45, 7) is 7.83. The second-order valence-electron chi connectivity index (χ2n) is 7.87. The largest absolute Gasteiger partial charge is 0.350 e. The Bertz CT molecular complexity index is 1240. The topological polar surface area (TPSA) is 49.4 Å². The predicted molar refractivity (Wildman–Crippen MR) is 126 cm³/mol. The zero-order valence-corrected chi connectivity index (χ0v) is 18.7. The van der Waals surface area contributed by atoms with Gasteiger partial charge in [0.1, 0.15) is 5.70 Å². The van der Waals surface area contributed by atoms with Crippen LogP contribution in [0.5, 0.6) is 0 Å². The summed E-state index contributed by atoms with van der Waals surface area (Å²) < 4.78 is 0. The predicted octanol–water partition coefficient (Wildman–Crippen LogP) is 5.97. The Morgan fingerprint density at radius 3 is 2.19 bits per heavy atom. The van der Waals surface area contributed by atoms with Crippen LogP contribution in [0.15, 0.2) is 66.4 Å². The zero-order chi connectivity index (χ0) is 22.3. The van der Waals surface area contributed by atoms with E-state index in [4.69, 9.17) is 11.6 Å². The number of carbonyl (C=O) groups is 2. The molecule has 31 heavy (non-hydrogen) atoms. The lowest BCUT2D eigenvalue weighted by Crippen LogP contribution is -2.33. The molecule has 0 spiro atoms. The maximum atomic E-state index is 13.6. The lowest BCUT2D eigenvalue weighted by atomic mass is 10.0. The number of halogens is 1. The average molecular weight is 431 g/mol. The normalized spacial score (nSPS) is 13.9. The second kappa shape index (κ2) is 8.05. The molecule has 0 aliphatic carbocycles. The zero-order valence-electron chi connectivity index (χ0n) is 17.9. The summed E-state index contributed by atoms with van der Waals surface area (Å²) in [4.78, 5) is 28.4. The SMILES string of the molecule is Cc1ccc(C2=C(Nc3cccc(C)c3C)C(=O)N(c3ccc(Cl)cc3C)C2=O)cc1. The number of imide groups is 1. The van der Waals surface area contributed by atoms with E-state index in [9.17, 15) is 9.59 Å². The van der Waals surface area contributed by atoms with Gasteiger partial charge in [-0.1, -0.05) is 53.6 Å². The van der Waals surface area contributed by atoms with Crippen LogP contribution in [0.1, 0.15) is 27.8 Å². The molecular weight excluding hydrogens is 408 g/mol. The Labute approximate surface area is 187 Å². The summed E-state index contributed by atoms with van der Waals surface area (Å²) in [7, 11) is 0. The van der Waals surface area contributed by atoms with E-state index in [0.717, 1.165) is 27.9 Å². The van der Waals surface area contributed by atoms with Gasteiger partial charge in [0.05, 0.1) is 11.3 Å². The molecular formula is C26H23ClN2O2. The quantitative estimate of drug-likeness (QED) is 0.518. The molecule has 1 heterocycles. The van der Waals surface area contributed by atoms with E-state index in [-0.39, 0.29) is 17.5 Å². The second-order valence-corrected chi connectivity index (χ2v) is 8.30. The summed E-state index contributed by atoms with van der Waals surface area (Å²) in [5, 5.41) is 3.82. The number of nitrogens with zero attached hydrogens (tertiary/aromatic N) is 1. The molecule has 4 rings (SSSR count). The van der Waals surface area contributed by atoms with Crippen molar-refractivity contribution >= 4 is 40.4 Å². The fraction of sp³-hybridized carbons (Fsp3) is 0.154. The molecule has 0 radical (unpaired) electrons. The van der Waals surface area contributed by atoms with Crippen LogP contribution in [0.3, 0.4) is 0 Å². The third-order valence-electron chi connectivity index (χ3n) is 5.69. The van der Waals surface area contributed by atoms with Crippen molar-refractivity contribution in [3.8, 4) is 0 Å². The molecule has 1 aliphatic rings. The molecule has 3 aromatic carbocycles. The minimum absolute atomic E-state index is 0.275. The molecule has 0 aromatic heterocycles. The molecule has 0 unspecified atom stereocenters. The first-order valence-electron chi connectivity index (χ1n) is 10.1. The standard InChI is InChI=1S/C26H23ClN2O2/c1-15-8-10-19(11-9-15)23-24(28-21-7-5-6-16(2)18(21)4)26(31)29(25(23)30)22-13-12-20(27)14-17(22)3/h5-14,28H,1-4H3. The number of hydrogen-bond donors (Lipinski definition) is 1. The number of aryl methyl sites for hydroxylation is 3. The lowest BCUT2D eigenvalue weighted by molar-refractivity contribution is -0.120. The van der Waals surface area contributed by atoms with Crippen molar-refractivity contribution in [2.75, 3.05) is 10.2 Å². The molecule has 1 aliphatic heterocycles. The molecule has 3 aromatic rings. The van der Waals surface area contributed by atoms with Crippen LogP contribution >= 0.6 is 11.6 Å². The summed E-state index contributed by atoms with van der Waals surface area (Å²) in [5.74, 6) is -0.737. The van der Waals surface area contributed by atoms with Crippen molar-refractivity contribution in [3.05, 3.63) is 99.2 Å². The maximum absolute atomic E-state index is 13.6. The van der Waals surface area contributed by atoms with Crippen molar-refractivity contribution in [1.29, 1.82) is 0 Å². The van der Waals surface area contributed by atoms with E-state index in [2.05, 4.69) is 5.32 Å². The van der Waals surface area contributed by atoms with Crippen LogP contribution in [-0.2, 0) is 9.59 Å². The third kappa shape index (κ3) is 3.75. The van der Waals surface area contributed by atoms with E-state index in [1.807, 2.05) is 70.2 Å². The summed E-state index contributed by atoms with van der Waals surface area (Å²) >= 11 is 6.09. The number of carbonyl (C=O) groups excluding carboxylic acids is 2. The number of rotatable bonds is 4. The molecule has 156 valence electrons. The van der Waals surface area contributed by atoms with Gasteiger partial charge < -0.3 is 5.32 Å². The van der Waals surface area contributed by atoms with Crippen molar-refractivity contribution < 1.29 is 9.59 Å². The van der Waals surface area contributed by atoms with E-state index in [1.165, 1.54) is 4.90 Å². The maximum Gasteiger partial charge on any atom is 0.282 e. The van der Waals surface area contributed by atoms with Gasteiger partial charge in [-0.3, -0.25) is 9.59 Å². The molecule has 0 saturated heterocycles. The molecule has 0 saturated carbocycles. The highest BCUT2D eigenvalue weighted by molar-refractivity contribution is 6.46. The van der Waals surface area contributed by atoms with Crippen LogP contribution < -0.4 is 10.2 Å². The van der Waals surface area contributed by atoms with Crippen LogP contribution in [0.25, 0.3) is 5.57 Å². The van der Waals surface area contributed by atoms with Gasteiger partial charge in [0, 0.05) is 10.7 Å². The highest BCUT2D eigenvalue weighted by Gasteiger charge is 2.41. The highest BCUT2D eigenvalue weighted by Crippen LogP contribution is 2.36. The van der Waals surface area contributed by atoms with Crippen molar-refractivity contribution in [1.82, 2.24) is 0 Å². The van der Waals surface area contributed by atoms with E-state index in [0.29, 0.717) is 21.8 Å². The highest BCUT2D eigenvalue weighted by atomic mass is 35.5. The molecule has 0 bridgehead atoms. The fourth-order valence-corrected chi connectivity index (χ4v) is 3.97. The van der Waals surface area contributed by atoms with Gasteiger partial charge in [0.15, 0.2) is 0 Å². The number of benzene rings is 3. The molecule has 5 heteroatoms. The van der Waals surface area contributed by atoms with Gasteiger partial charge in [0.25, 0.3) is 11.8 Å². The Kier molecular flexibility index (Phi) is 5.42. The lowest BCUT2D eigenvalue weighted by Gasteiger charge is -2.18. The van der Waals surface area contributed by atoms with Gasteiger partial charge in [-0.25, -0.2) is 4.90 Å². The van der Waals surface area contributed by atoms with Crippen LogP contribution in [-0.4, -0.2) is 11.8 Å². The first kappa shape index (κ1) is 20.9. The van der Waals surface area contributed by atoms with Crippen LogP contribution in [0.2, 0.25) is 5.02 Å². The summed E-state index contributed by atoms with van der Waals surface area (Å²) in [6.07, 6.45) is 0. The van der Waals surface area contributed by atoms with Gasteiger partial charge in [-0.05, 0) is 74.2 Å². The minimum atomic E-state index is -0.382. The molecule has 0 atom stereocenters. The molecule has 2 amide bonds. The first-order valence-corrected chi connectivity index (χ1v) is 10.4. The van der Waals surface area contributed by atoms with Crippen molar-refractivity contribution in [3.63, 3.8) is 0 Å². The third-order valence-corrected chi connectivity index (χ3v) is 5.92. The number of anilines is 2. The number of hydrogen-bond acceptors (Lipinski definition) is 3. The monoisotopic (exact) mass is 430 g/mol. The van der Waals surface area contributed by atoms with Crippen LogP contribution in [0, 0.1) is 27.7 Å². The Hall–Kier alpha value is -3.37. The molecule has 4 nitrogen and oxygen atoms in total. The van der Waals surface area contributed by atoms with E-state index < -0.39 is 0 Å². The van der Waals surface area contributed by atoms with E-state index in [1.54, 1.807) is 18.2 Å². The summed E-state index contributed by atoms with van der Waals surface area (Å²) in [5.41, 5.74) is 6.63. The Morgan fingerprint density at radius 2 is 1.52 bits per heavy atom. The number of nitrogens with one attached hydrogen (secondary N) is 1. The Balaban J connectivity index is 1.87. The van der Waals surface area contributed by atoms with Crippen molar-refractivity contribution in [2.24, 2.45) is 0 Å². The first-order chi connectivity index (χ1) is 14.8. The van der Waals surface area contributed by atoms with Gasteiger partial charge in [-0.2, -0.15) is 0 Å². The van der Waals surface area contributed by atoms with E-state index >= 15 is 0 Å². The molecule has 0 fully saturated rings. The van der Waals surface area contributed by atoms with Gasteiger partial charge in [0.2, 0.25) is 0 Å². The fourth-order valence-electron chi connectivity index (χ4n) is 3.74. The average Bonchev–Trinajstić information content (AvgIpc) is 2.96.